The van der Waals surface area contributed by atoms with Crippen molar-refractivity contribution >= 4 is 33.3 Å². The molecule has 0 aliphatic carbocycles. The number of carbonyl (C=O) groups excluding carboxylic acids is 1. The molecule has 1 atom stereocenters. The van der Waals surface area contributed by atoms with Crippen molar-refractivity contribution in [2.45, 2.75) is 20.0 Å². The average molecular weight is 420 g/mol. The van der Waals surface area contributed by atoms with Crippen LogP contribution in [0.5, 0.6) is 5.88 Å². The number of aromatic nitrogens is 2. The Labute approximate surface area is 159 Å². The van der Waals surface area contributed by atoms with Gasteiger partial charge in [0.2, 0.25) is 5.88 Å². The van der Waals surface area contributed by atoms with E-state index in [2.05, 4.69) is 36.5 Å². The molecule has 1 unspecified atom stereocenters. The van der Waals surface area contributed by atoms with Crippen LogP contribution in [0.4, 0.5) is 16.2 Å². The van der Waals surface area contributed by atoms with Crippen LogP contribution in [0.25, 0.3) is 0 Å². The number of urea groups is 1. The summed E-state index contributed by atoms with van der Waals surface area (Å²) in [7, 11) is 3.01. The molecule has 136 valence electrons. The zero-order valence-corrected chi connectivity index (χ0v) is 16.3. The van der Waals surface area contributed by atoms with Crippen LogP contribution < -0.4 is 15.4 Å². The van der Waals surface area contributed by atoms with E-state index in [-0.39, 0.29) is 17.5 Å². The number of anilines is 2. The normalized spacial score (nSPS) is 11.4. The summed E-state index contributed by atoms with van der Waals surface area (Å²) in [5, 5.41) is 14.5. The first-order valence-electron chi connectivity index (χ1n) is 7.61. The Hall–Kier alpha value is -2.70. The van der Waals surface area contributed by atoms with E-state index in [0.29, 0.717) is 11.4 Å². The quantitative estimate of drug-likeness (QED) is 0.762. The molecule has 2 aromatic heterocycles. The van der Waals surface area contributed by atoms with Gasteiger partial charge in [0, 0.05) is 17.1 Å². The monoisotopic (exact) mass is 419 g/mol. The number of aryl methyl sites for hydroxylation is 1. The number of hydrogen-bond donors (Lipinski definition) is 2. The lowest BCUT2D eigenvalue weighted by Gasteiger charge is -2.18. The first kappa shape index (κ1) is 19.6. The van der Waals surface area contributed by atoms with Crippen LogP contribution in [-0.4, -0.2) is 30.2 Å². The van der Waals surface area contributed by atoms with Crippen molar-refractivity contribution in [2.24, 2.45) is 0 Å². The number of ether oxygens (including phenoxy) is 2. The highest BCUT2D eigenvalue weighted by Crippen LogP contribution is 2.33. The number of halogens is 1. The molecule has 0 bridgehead atoms. The van der Waals surface area contributed by atoms with E-state index in [9.17, 15) is 4.79 Å². The summed E-state index contributed by atoms with van der Waals surface area (Å²) in [6.07, 6.45) is 2.72. The third kappa shape index (κ3) is 4.28. The summed E-state index contributed by atoms with van der Waals surface area (Å²) in [6, 6.07) is 2.95. The van der Waals surface area contributed by atoms with Crippen LogP contribution in [0.2, 0.25) is 0 Å². The van der Waals surface area contributed by atoms with Crippen LogP contribution in [0.15, 0.2) is 22.9 Å². The number of rotatable bonds is 5. The van der Waals surface area contributed by atoms with Gasteiger partial charge in [-0.1, -0.05) is 0 Å². The lowest BCUT2D eigenvalue weighted by molar-refractivity contribution is 0.119. The van der Waals surface area contributed by atoms with Gasteiger partial charge in [0.1, 0.15) is 11.6 Å². The zero-order valence-electron chi connectivity index (χ0n) is 14.8. The van der Waals surface area contributed by atoms with Crippen LogP contribution in [0.3, 0.4) is 0 Å². The summed E-state index contributed by atoms with van der Waals surface area (Å²) < 4.78 is 11.1. The third-order valence-corrected chi connectivity index (χ3v) is 4.66. The molecule has 2 heterocycles. The van der Waals surface area contributed by atoms with Gasteiger partial charge in [-0.25, -0.2) is 9.78 Å². The van der Waals surface area contributed by atoms with Crippen LogP contribution in [-0.2, 0) is 4.74 Å². The number of carbonyl (C=O) groups is 1. The van der Waals surface area contributed by atoms with Crippen molar-refractivity contribution in [2.75, 3.05) is 24.9 Å². The molecule has 0 spiro atoms. The van der Waals surface area contributed by atoms with Crippen molar-refractivity contribution < 1.29 is 14.3 Å². The molecule has 26 heavy (non-hydrogen) atoms. The van der Waals surface area contributed by atoms with E-state index in [1.807, 2.05) is 19.9 Å². The Morgan fingerprint density at radius 3 is 2.65 bits per heavy atom. The molecule has 2 aromatic rings. The number of methoxy groups -OCH3 is 2. The molecule has 9 heteroatoms. The van der Waals surface area contributed by atoms with Gasteiger partial charge in [-0.3, -0.25) is 4.98 Å². The molecule has 8 nitrogen and oxygen atoms in total. The number of nitrogens with zero attached hydrogens (tertiary/aromatic N) is 3. The lowest BCUT2D eigenvalue weighted by Crippen LogP contribution is -2.21. The third-order valence-electron chi connectivity index (χ3n) is 3.66. The maximum atomic E-state index is 12.3. The Bertz CT molecular complexity index is 866. The van der Waals surface area contributed by atoms with Gasteiger partial charge in [0.25, 0.3) is 0 Å². The number of pyridine rings is 2. The predicted molar refractivity (Wildman–Crippen MR) is 100 cm³/mol. The minimum atomic E-state index is -0.497. The standard InChI is InChI=1S/C17H18BrN5O3/c1-9-15(18)14(10(2)25-3)13(8-20-9)23-17(24)22-12-5-11(6-19)16(26-4)21-7-12/h5,7-8,10H,1-4H3,(H2,22,23,24). The molecule has 0 radical (unpaired) electrons. The highest BCUT2D eigenvalue weighted by molar-refractivity contribution is 9.10. The molecule has 0 aromatic carbocycles. The van der Waals surface area contributed by atoms with Gasteiger partial charge >= 0.3 is 6.03 Å². The summed E-state index contributed by atoms with van der Waals surface area (Å²) in [4.78, 5) is 20.6. The second-order valence-electron chi connectivity index (χ2n) is 5.33. The first-order valence-corrected chi connectivity index (χ1v) is 8.40. The van der Waals surface area contributed by atoms with Gasteiger partial charge in [-0.2, -0.15) is 5.26 Å². The van der Waals surface area contributed by atoms with E-state index in [1.165, 1.54) is 19.4 Å². The molecule has 2 rings (SSSR count). The van der Waals surface area contributed by atoms with Crippen molar-refractivity contribution in [1.82, 2.24) is 9.97 Å². The van der Waals surface area contributed by atoms with Gasteiger partial charge in [0.05, 0.1) is 42.7 Å². The molecule has 0 fully saturated rings. The van der Waals surface area contributed by atoms with Gasteiger partial charge in [0.15, 0.2) is 0 Å². The maximum absolute atomic E-state index is 12.3. The van der Waals surface area contributed by atoms with Crippen molar-refractivity contribution in [1.29, 1.82) is 5.26 Å². The fourth-order valence-electron chi connectivity index (χ4n) is 2.26. The SMILES string of the molecule is COc1ncc(NC(=O)Nc2cnc(C)c(Br)c2C(C)OC)cc1C#N. The zero-order chi connectivity index (χ0) is 19.3. The summed E-state index contributed by atoms with van der Waals surface area (Å²) in [5.41, 5.74) is 2.66. The van der Waals surface area contributed by atoms with Crippen LogP contribution in [0.1, 0.15) is 29.8 Å². The van der Waals surface area contributed by atoms with E-state index < -0.39 is 6.03 Å². The van der Waals surface area contributed by atoms with Crippen LogP contribution >= 0.6 is 15.9 Å². The topological polar surface area (TPSA) is 109 Å². The van der Waals surface area contributed by atoms with Gasteiger partial charge in [-0.15, -0.1) is 0 Å². The molecule has 2 amide bonds. The average Bonchev–Trinajstić information content (AvgIpc) is 2.64. The molecular formula is C17H18BrN5O3. The molecule has 0 aliphatic rings. The highest BCUT2D eigenvalue weighted by Gasteiger charge is 2.18. The fourth-order valence-corrected chi connectivity index (χ4v) is 2.90. The van der Waals surface area contributed by atoms with Crippen molar-refractivity contribution in [3.8, 4) is 11.9 Å². The van der Waals surface area contributed by atoms with Crippen LogP contribution in [0, 0.1) is 18.3 Å². The Kier molecular flexibility index (Phi) is 6.49. The van der Waals surface area contributed by atoms with E-state index in [0.717, 1.165) is 15.7 Å². The first-order chi connectivity index (χ1) is 12.4. The van der Waals surface area contributed by atoms with Crippen molar-refractivity contribution in [3.63, 3.8) is 0 Å². The summed E-state index contributed by atoms with van der Waals surface area (Å²) >= 11 is 3.49. The Morgan fingerprint density at radius 2 is 2.04 bits per heavy atom. The minimum absolute atomic E-state index is 0.196. The Balaban J connectivity index is 2.23. The maximum Gasteiger partial charge on any atom is 0.323 e. The number of hydrogen-bond acceptors (Lipinski definition) is 6. The molecule has 0 saturated carbocycles. The van der Waals surface area contributed by atoms with E-state index in [1.54, 1.807) is 13.3 Å². The van der Waals surface area contributed by atoms with E-state index in [4.69, 9.17) is 14.7 Å². The largest absolute Gasteiger partial charge is 0.480 e. The second-order valence-corrected chi connectivity index (χ2v) is 6.13. The fraction of sp³-hybridized carbons (Fsp3) is 0.294. The molecule has 0 saturated heterocycles. The summed E-state index contributed by atoms with van der Waals surface area (Å²) in [5.74, 6) is 0.196. The Morgan fingerprint density at radius 1 is 1.31 bits per heavy atom. The van der Waals surface area contributed by atoms with Crippen molar-refractivity contribution in [3.05, 3.63) is 39.8 Å². The van der Waals surface area contributed by atoms with Gasteiger partial charge in [-0.05, 0) is 35.8 Å². The molecule has 2 N–H and O–H groups in total. The second kappa shape index (κ2) is 8.60. The lowest BCUT2D eigenvalue weighted by atomic mass is 10.1. The smallest absolute Gasteiger partial charge is 0.323 e. The predicted octanol–water partition coefficient (Wildman–Crippen LogP) is 3.78. The number of nitrogens with one attached hydrogen (secondary N) is 2. The number of amides is 2. The minimum Gasteiger partial charge on any atom is -0.480 e. The summed E-state index contributed by atoms with van der Waals surface area (Å²) in [6.45, 7) is 3.72. The van der Waals surface area contributed by atoms with Gasteiger partial charge < -0.3 is 20.1 Å². The molecule has 0 aliphatic heterocycles. The highest BCUT2D eigenvalue weighted by atomic mass is 79.9. The molecular weight excluding hydrogens is 402 g/mol. The number of nitriles is 1. The van der Waals surface area contributed by atoms with E-state index >= 15 is 0 Å².